The van der Waals surface area contributed by atoms with Gasteiger partial charge in [-0.25, -0.2) is 0 Å². The van der Waals surface area contributed by atoms with Gasteiger partial charge in [-0.3, -0.25) is 14.5 Å². The van der Waals surface area contributed by atoms with Gasteiger partial charge in [0.1, 0.15) is 0 Å². The fraction of sp³-hybridized carbons (Fsp3) is 0.231. The van der Waals surface area contributed by atoms with E-state index in [2.05, 4.69) is 5.32 Å². The number of rotatable bonds is 8. The molecule has 0 aromatic heterocycles. The predicted molar refractivity (Wildman–Crippen MR) is 133 cm³/mol. The van der Waals surface area contributed by atoms with Crippen molar-refractivity contribution < 1.29 is 28.5 Å². The van der Waals surface area contributed by atoms with E-state index in [0.29, 0.717) is 45.0 Å². The fourth-order valence-electron chi connectivity index (χ4n) is 4.29. The molecule has 1 heterocycles. The van der Waals surface area contributed by atoms with Gasteiger partial charge in [-0.15, -0.1) is 0 Å². The van der Waals surface area contributed by atoms with E-state index < -0.39 is 11.4 Å². The summed E-state index contributed by atoms with van der Waals surface area (Å²) >= 11 is 6.56. The maximum absolute atomic E-state index is 13.9. The van der Waals surface area contributed by atoms with E-state index in [-0.39, 0.29) is 12.3 Å². The van der Waals surface area contributed by atoms with Crippen LogP contribution in [-0.2, 0) is 15.1 Å². The van der Waals surface area contributed by atoms with Crippen LogP contribution < -0.4 is 29.2 Å². The fourth-order valence-corrected chi connectivity index (χ4v) is 4.58. The summed E-state index contributed by atoms with van der Waals surface area (Å²) in [5.41, 5.74) is 0.0725. The lowest BCUT2D eigenvalue weighted by molar-refractivity contribution is -0.137. The summed E-state index contributed by atoms with van der Waals surface area (Å²) in [7, 11) is 6.07. The lowest BCUT2D eigenvalue weighted by atomic mass is 9.76. The van der Waals surface area contributed by atoms with E-state index in [0.717, 1.165) is 0 Å². The van der Waals surface area contributed by atoms with E-state index >= 15 is 0 Å². The van der Waals surface area contributed by atoms with Crippen molar-refractivity contribution in [1.29, 1.82) is 0 Å². The smallest absolute Gasteiger partial charge is 0.255 e. The number of hydrogen-bond acceptors (Lipinski definition) is 6. The van der Waals surface area contributed by atoms with E-state index in [4.69, 9.17) is 30.5 Å². The van der Waals surface area contributed by atoms with Gasteiger partial charge in [-0.1, -0.05) is 29.8 Å². The molecular weight excluding hydrogens is 472 g/mol. The molecule has 35 heavy (non-hydrogen) atoms. The number of ether oxygens (including phenoxy) is 4. The number of carbonyl (C=O) groups excluding carboxylic acids is 2. The number of benzene rings is 3. The summed E-state index contributed by atoms with van der Waals surface area (Å²) < 4.78 is 21.4. The molecule has 1 atom stereocenters. The summed E-state index contributed by atoms with van der Waals surface area (Å²) in [5.74, 6) is 1.25. The van der Waals surface area contributed by atoms with Gasteiger partial charge in [-0.05, 0) is 30.3 Å². The van der Waals surface area contributed by atoms with Gasteiger partial charge in [0, 0.05) is 34.1 Å². The molecule has 1 unspecified atom stereocenters. The third-order valence-corrected chi connectivity index (χ3v) is 6.33. The summed E-state index contributed by atoms with van der Waals surface area (Å²) in [6.07, 6.45) is -0.0653. The van der Waals surface area contributed by atoms with E-state index in [1.807, 2.05) is 0 Å². The molecule has 1 fully saturated rings. The number of carbonyl (C=O) groups is 2. The molecule has 0 aliphatic carbocycles. The SMILES string of the molecule is COc1ccc(NC(=O)C2(c3ccccc3Cl)CC(=O)N2c2ccc(OC)c(OC)c2)cc1OC. The Labute approximate surface area is 208 Å². The Bertz CT molecular complexity index is 1280. The highest BCUT2D eigenvalue weighted by molar-refractivity contribution is 6.32. The molecule has 8 nitrogen and oxygen atoms in total. The number of hydrogen-bond donors (Lipinski definition) is 1. The number of methoxy groups -OCH3 is 4. The first-order valence-electron chi connectivity index (χ1n) is 10.7. The molecule has 0 spiro atoms. The average Bonchev–Trinajstić information content (AvgIpc) is 2.87. The van der Waals surface area contributed by atoms with Crippen LogP contribution in [0, 0.1) is 0 Å². The standard InChI is InChI=1S/C26H25ClN2O6/c1-32-20-11-9-16(13-22(20)34-3)28-25(31)26(18-7-5-6-8-19(18)27)15-24(30)29(26)17-10-12-21(33-2)23(14-17)35-4/h5-14H,15H2,1-4H3,(H,28,31). The van der Waals surface area contributed by atoms with Gasteiger partial charge in [0.15, 0.2) is 28.5 Å². The summed E-state index contributed by atoms with van der Waals surface area (Å²) in [6, 6.07) is 17.1. The molecule has 0 saturated carbocycles. The predicted octanol–water partition coefficient (Wildman–Crippen LogP) is 4.65. The van der Waals surface area contributed by atoms with Gasteiger partial charge < -0.3 is 24.3 Å². The first kappa shape index (κ1) is 24.2. The minimum Gasteiger partial charge on any atom is -0.493 e. The molecule has 4 rings (SSSR count). The molecule has 1 aliphatic heterocycles. The Morgan fingerprint density at radius 2 is 1.46 bits per heavy atom. The Morgan fingerprint density at radius 1 is 0.857 bits per heavy atom. The second kappa shape index (κ2) is 9.76. The van der Waals surface area contributed by atoms with Crippen molar-refractivity contribution in [2.24, 2.45) is 0 Å². The molecule has 3 aromatic rings. The van der Waals surface area contributed by atoms with Gasteiger partial charge in [0.05, 0.1) is 34.9 Å². The van der Waals surface area contributed by atoms with Crippen LogP contribution in [0.15, 0.2) is 60.7 Å². The maximum Gasteiger partial charge on any atom is 0.255 e. The molecule has 1 saturated heterocycles. The van der Waals surface area contributed by atoms with Crippen LogP contribution in [-0.4, -0.2) is 40.3 Å². The van der Waals surface area contributed by atoms with Crippen molar-refractivity contribution in [3.63, 3.8) is 0 Å². The van der Waals surface area contributed by atoms with Crippen molar-refractivity contribution in [2.45, 2.75) is 12.0 Å². The molecule has 9 heteroatoms. The maximum atomic E-state index is 13.9. The van der Waals surface area contributed by atoms with Gasteiger partial charge >= 0.3 is 0 Å². The number of anilines is 2. The van der Waals surface area contributed by atoms with Gasteiger partial charge in [0.2, 0.25) is 5.91 Å². The van der Waals surface area contributed by atoms with E-state index in [9.17, 15) is 9.59 Å². The van der Waals surface area contributed by atoms with Crippen molar-refractivity contribution in [1.82, 2.24) is 0 Å². The first-order chi connectivity index (χ1) is 16.9. The highest BCUT2D eigenvalue weighted by Crippen LogP contribution is 2.49. The van der Waals surface area contributed by atoms with Gasteiger partial charge in [-0.2, -0.15) is 0 Å². The molecule has 0 bridgehead atoms. The first-order valence-corrected chi connectivity index (χ1v) is 11.1. The molecule has 1 N–H and O–H groups in total. The molecule has 2 amide bonds. The monoisotopic (exact) mass is 496 g/mol. The van der Waals surface area contributed by atoms with Crippen molar-refractivity contribution in [2.75, 3.05) is 38.7 Å². The zero-order valence-electron chi connectivity index (χ0n) is 19.8. The van der Waals surface area contributed by atoms with E-state index in [1.54, 1.807) is 60.7 Å². The molecule has 3 aromatic carbocycles. The quantitative estimate of drug-likeness (QED) is 0.457. The number of nitrogens with one attached hydrogen (secondary N) is 1. The summed E-state index contributed by atoms with van der Waals surface area (Å²) in [6.45, 7) is 0. The topological polar surface area (TPSA) is 86.3 Å². The lowest BCUT2D eigenvalue weighted by Crippen LogP contribution is -2.67. The number of β-lactam (4-membered cyclic amide) rings is 1. The number of amides is 2. The van der Waals surface area contributed by atoms with Crippen molar-refractivity contribution in [3.8, 4) is 23.0 Å². The zero-order chi connectivity index (χ0) is 25.2. The van der Waals surface area contributed by atoms with Crippen LogP contribution in [0.25, 0.3) is 0 Å². The van der Waals surface area contributed by atoms with Crippen LogP contribution in [0.3, 0.4) is 0 Å². The lowest BCUT2D eigenvalue weighted by Gasteiger charge is -2.51. The second-order valence-electron chi connectivity index (χ2n) is 7.81. The molecule has 182 valence electrons. The van der Waals surface area contributed by atoms with E-state index in [1.165, 1.54) is 33.3 Å². The van der Waals surface area contributed by atoms with Crippen LogP contribution in [0.2, 0.25) is 5.02 Å². The number of nitrogens with zero attached hydrogens (tertiary/aromatic N) is 1. The van der Waals surface area contributed by atoms with Gasteiger partial charge in [0.25, 0.3) is 5.91 Å². The zero-order valence-corrected chi connectivity index (χ0v) is 20.5. The Kier molecular flexibility index (Phi) is 6.75. The van der Waals surface area contributed by atoms with Crippen LogP contribution >= 0.6 is 11.6 Å². The minimum absolute atomic E-state index is 0.0653. The molecule has 0 radical (unpaired) electrons. The highest BCUT2D eigenvalue weighted by atomic mass is 35.5. The molecule has 1 aliphatic rings. The second-order valence-corrected chi connectivity index (χ2v) is 8.22. The summed E-state index contributed by atoms with van der Waals surface area (Å²) in [5, 5.41) is 3.29. The van der Waals surface area contributed by atoms with Crippen LogP contribution in [0.5, 0.6) is 23.0 Å². The van der Waals surface area contributed by atoms with Crippen molar-refractivity contribution in [3.05, 3.63) is 71.2 Å². The van der Waals surface area contributed by atoms with Crippen molar-refractivity contribution >= 4 is 34.8 Å². The van der Waals surface area contributed by atoms with Crippen LogP contribution in [0.4, 0.5) is 11.4 Å². The largest absolute Gasteiger partial charge is 0.493 e. The normalized spacial score (nSPS) is 16.8. The Balaban J connectivity index is 1.81. The Hall–Kier alpha value is -3.91. The number of halogens is 1. The third-order valence-electron chi connectivity index (χ3n) is 6.00. The highest BCUT2D eigenvalue weighted by Gasteiger charge is 2.59. The molecular formula is C26H25ClN2O6. The third kappa shape index (κ3) is 4.10. The Morgan fingerprint density at radius 3 is 2.06 bits per heavy atom. The average molecular weight is 497 g/mol. The van der Waals surface area contributed by atoms with Crippen LogP contribution in [0.1, 0.15) is 12.0 Å². The minimum atomic E-state index is -1.39. The summed E-state index contributed by atoms with van der Waals surface area (Å²) in [4.78, 5) is 28.4.